The van der Waals surface area contributed by atoms with Crippen molar-refractivity contribution in [2.75, 3.05) is 26.5 Å². The van der Waals surface area contributed by atoms with Gasteiger partial charge in [0.25, 0.3) is 5.56 Å². The van der Waals surface area contributed by atoms with Gasteiger partial charge >= 0.3 is 6.09 Å². The molecular weight excluding hydrogens is 519 g/mol. The first-order chi connectivity index (χ1) is 18.9. The van der Waals surface area contributed by atoms with Crippen LogP contribution in [0.4, 0.5) is 14.9 Å². The highest BCUT2D eigenvalue weighted by atomic mass is 19.1. The second kappa shape index (κ2) is 15.2. The van der Waals surface area contributed by atoms with Crippen molar-refractivity contribution in [3.63, 3.8) is 0 Å². The van der Waals surface area contributed by atoms with Crippen LogP contribution in [-0.2, 0) is 27.3 Å². The summed E-state index contributed by atoms with van der Waals surface area (Å²) in [5.74, 6) is 0.166. The Morgan fingerprint density at radius 3 is 2.60 bits per heavy atom. The third-order valence-corrected chi connectivity index (χ3v) is 5.60. The van der Waals surface area contributed by atoms with Crippen LogP contribution in [0.5, 0.6) is 0 Å². The number of allylic oxidation sites excluding steroid dienone is 1. The van der Waals surface area contributed by atoms with Gasteiger partial charge in [0.05, 0.1) is 24.7 Å². The maximum absolute atomic E-state index is 14.1. The minimum atomic E-state index is -0.745. The molecule has 0 spiro atoms. The van der Waals surface area contributed by atoms with Crippen LogP contribution < -0.4 is 16.6 Å². The number of carbonyl (C=O) groups is 3. The van der Waals surface area contributed by atoms with E-state index in [1.54, 1.807) is 38.5 Å². The molecule has 3 rings (SSSR count). The van der Waals surface area contributed by atoms with Crippen molar-refractivity contribution in [2.45, 2.75) is 46.1 Å². The number of nitrogens with one attached hydrogen (secondary N) is 2. The van der Waals surface area contributed by atoms with Crippen LogP contribution in [0.3, 0.4) is 0 Å². The SMILES string of the molecule is CC(C)Cc1cc(F)cc2[nH]c(Cn3cccc(NC(=O)CCC/C=C/C(=O)N(C)C)c3=O)nc12.COC(N)=O. The van der Waals surface area contributed by atoms with Crippen molar-refractivity contribution in [3.8, 4) is 0 Å². The lowest BCUT2D eigenvalue weighted by Gasteiger charge is -2.08. The lowest BCUT2D eigenvalue weighted by Crippen LogP contribution is -2.26. The van der Waals surface area contributed by atoms with Crippen LogP contribution in [0.25, 0.3) is 11.0 Å². The number of anilines is 1. The van der Waals surface area contributed by atoms with Gasteiger partial charge in [-0.3, -0.25) is 14.4 Å². The largest absolute Gasteiger partial charge is 0.453 e. The molecule has 0 aliphatic rings. The number of aromatic nitrogens is 3. The molecule has 0 fully saturated rings. The predicted molar refractivity (Wildman–Crippen MR) is 151 cm³/mol. The smallest absolute Gasteiger partial charge is 0.404 e. The average Bonchev–Trinajstić information content (AvgIpc) is 3.28. The second-order valence-electron chi connectivity index (χ2n) is 9.70. The number of amides is 3. The fraction of sp³-hybridized carbons (Fsp3) is 0.393. The van der Waals surface area contributed by atoms with E-state index in [4.69, 9.17) is 0 Å². The number of hydrogen-bond acceptors (Lipinski definition) is 6. The van der Waals surface area contributed by atoms with E-state index in [2.05, 4.69) is 39.6 Å². The Labute approximate surface area is 232 Å². The zero-order valence-electron chi connectivity index (χ0n) is 23.5. The number of likely N-dealkylation sites (N-methyl/N-ethyl adjacent to an activating group) is 1. The summed E-state index contributed by atoms with van der Waals surface area (Å²) in [6.07, 6.45) is 6.14. The maximum atomic E-state index is 14.1. The number of H-pyrrole nitrogens is 1. The molecule has 2 heterocycles. The van der Waals surface area contributed by atoms with E-state index in [0.29, 0.717) is 42.0 Å². The van der Waals surface area contributed by atoms with Crippen LogP contribution >= 0.6 is 0 Å². The minimum Gasteiger partial charge on any atom is -0.453 e. The van der Waals surface area contributed by atoms with Crippen molar-refractivity contribution in [1.82, 2.24) is 19.4 Å². The van der Waals surface area contributed by atoms with E-state index in [0.717, 1.165) is 5.56 Å². The third kappa shape index (κ3) is 10.0. The number of imidazole rings is 1. The molecule has 3 amide bonds. The van der Waals surface area contributed by atoms with Gasteiger partial charge in [-0.2, -0.15) is 0 Å². The molecule has 0 aliphatic carbocycles. The summed E-state index contributed by atoms with van der Waals surface area (Å²) in [6, 6.07) is 6.14. The molecule has 0 saturated heterocycles. The quantitative estimate of drug-likeness (QED) is 0.256. The van der Waals surface area contributed by atoms with E-state index in [1.165, 1.54) is 34.8 Å². The van der Waals surface area contributed by atoms with Crippen LogP contribution in [-0.4, -0.2) is 58.5 Å². The van der Waals surface area contributed by atoms with Crippen molar-refractivity contribution in [1.29, 1.82) is 0 Å². The van der Waals surface area contributed by atoms with Crippen LogP contribution in [0.1, 0.15) is 44.5 Å². The van der Waals surface area contributed by atoms with E-state index < -0.39 is 6.09 Å². The lowest BCUT2D eigenvalue weighted by atomic mass is 10.0. The molecule has 3 aromatic rings. The molecule has 11 nitrogen and oxygen atoms in total. The van der Waals surface area contributed by atoms with Crippen molar-refractivity contribution in [2.24, 2.45) is 11.7 Å². The molecule has 2 aromatic heterocycles. The molecular formula is C28H37FN6O5. The summed E-state index contributed by atoms with van der Waals surface area (Å²) in [5, 5.41) is 2.67. The first-order valence-corrected chi connectivity index (χ1v) is 12.8. The highest BCUT2D eigenvalue weighted by Gasteiger charge is 2.13. The molecule has 0 aliphatic heterocycles. The zero-order valence-corrected chi connectivity index (χ0v) is 23.5. The summed E-state index contributed by atoms with van der Waals surface area (Å²) in [5.41, 5.74) is 6.38. The topological polar surface area (TPSA) is 152 Å². The Hall–Kier alpha value is -4.48. The van der Waals surface area contributed by atoms with Gasteiger partial charge in [-0.1, -0.05) is 19.9 Å². The fourth-order valence-electron chi connectivity index (χ4n) is 3.72. The number of fused-ring (bicyclic) bond motifs is 1. The number of methoxy groups -OCH3 is 1. The van der Waals surface area contributed by atoms with Gasteiger partial charge in [0.1, 0.15) is 17.3 Å². The number of halogens is 1. The van der Waals surface area contributed by atoms with Crippen molar-refractivity contribution >= 4 is 34.6 Å². The Morgan fingerprint density at radius 2 is 1.98 bits per heavy atom. The van der Waals surface area contributed by atoms with Gasteiger partial charge < -0.3 is 30.2 Å². The van der Waals surface area contributed by atoms with Gasteiger partial charge in [-0.25, -0.2) is 14.2 Å². The van der Waals surface area contributed by atoms with Gasteiger partial charge in [-0.15, -0.1) is 0 Å². The Kier molecular flexibility index (Phi) is 12.1. The number of pyridine rings is 1. The van der Waals surface area contributed by atoms with Gasteiger partial charge in [0.15, 0.2) is 0 Å². The second-order valence-corrected chi connectivity index (χ2v) is 9.70. The zero-order chi connectivity index (χ0) is 29.8. The van der Waals surface area contributed by atoms with E-state index >= 15 is 0 Å². The van der Waals surface area contributed by atoms with E-state index in [-0.39, 0.29) is 41.8 Å². The van der Waals surface area contributed by atoms with Crippen LogP contribution in [0.2, 0.25) is 0 Å². The first-order valence-electron chi connectivity index (χ1n) is 12.8. The molecule has 40 heavy (non-hydrogen) atoms. The number of benzene rings is 1. The normalized spacial score (nSPS) is 10.9. The molecule has 12 heteroatoms. The summed E-state index contributed by atoms with van der Waals surface area (Å²) in [7, 11) is 4.57. The average molecular weight is 557 g/mol. The summed E-state index contributed by atoms with van der Waals surface area (Å²) in [6.45, 7) is 4.28. The van der Waals surface area contributed by atoms with Gasteiger partial charge in [0, 0.05) is 26.7 Å². The number of nitrogens with two attached hydrogens (primary N) is 1. The molecule has 0 radical (unpaired) electrons. The highest BCUT2D eigenvalue weighted by molar-refractivity contribution is 5.90. The molecule has 216 valence electrons. The van der Waals surface area contributed by atoms with Crippen LogP contribution in [0, 0.1) is 11.7 Å². The van der Waals surface area contributed by atoms with Crippen LogP contribution in [0.15, 0.2) is 47.4 Å². The Balaban J connectivity index is 0.00000103. The molecule has 0 saturated carbocycles. The van der Waals surface area contributed by atoms with E-state index in [1.807, 2.05) is 0 Å². The molecule has 0 atom stereocenters. The third-order valence-electron chi connectivity index (χ3n) is 5.60. The molecule has 0 unspecified atom stereocenters. The highest BCUT2D eigenvalue weighted by Crippen LogP contribution is 2.22. The molecule has 0 bridgehead atoms. The lowest BCUT2D eigenvalue weighted by molar-refractivity contribution is -0.123. The number of primary amides is 1. The van der Waals surface area contributed by atoms with Crippen molar-refractivity contribution in [3.05, 3.63) is 70.2 Å². The van der Waals surface area contributed by atoms with Crippen molar-refractivity contribution < 1.29 is 23.5 Å². The maximum Gasteiger partial charge on any atom is 0.404 e. The molecule has 1 aromatic carbocycles. The standard InChI is InChI=1S/C26H32FN5O3.C2H5NO2/c1-17(2)13-18-14-19(27)15-21-25(18)30-22(28-21)16-32-12-8-9-20(26(32)35)29-23(33)10-6-5-7-11-24(34)31(3)4;1-5-2(3)4/h7-9,11-12,14-15,17H,5-6,10,13,16H2,1-4H3,(H,28,30)(H,29,33);1H3,(H2,3,4)/b11-7+;. The fourth-order valence-corrected chi connectivity index (χ4v) is 3.72. The number of carbonyl (C=O) groups excluding carboxylic acids is 3. The first kappa shape index (κ1) is 31.7. The van der Waals surface area contributed by atoms with Gasteiger partial charge in [0.2, 0.25) is 11.8 Å². The monoisotopic (exact) mass is 556 g/mol. The Morgan fingerprint density at radius 1 is 1.27 bits per heavy atom. The summed E-state index contributed by atoms with van der Waals surface area (Å²) >= 11 is 0. The number of rotatable bonds is 10. The number of unbranched alkanes of at least 4 members (excludes halogenated alkanes) is 1. The predicted octanol–water partition coefficient (Wildman–Crippen LogP) is 3.58. The minimum absolute atomic E-state index is 0.106. The summed E-state index contributed by atoms with van der Waals surface area (Å²) < 4.78 is 19.4. The van der Waals surface area contributed by atoms with Gasteiger partial charge in [-0.05, 0) is 61.1 Å². The van der Waals surface area contributed by atoms with E-state index in [9.17, 15) is 23.6 Å². The summed E-state index contributed by atoms with van der Waals surface area (Å²) in [4.78, 5) is 55.3. The Bertz CT molecular complexity index is 1410. The number of aromatic amines is 1. The number of nitrogens with zero attached hydrogens (tertiary/aromatic N) is 3. The number of ether oxygens (including phenoxy) is 1. The molecule has 4 N–H and O–H groups in total. The number of hydrogen-bond donors (Lipinski definition) is 3.